The standard InChI is InChI=1S/C26H32N6O3/c1-30-9-11-32(12-10-30)23-16-19(33-14-13-31-7-2-3-8-31)15-22-20(23)17-27-26(29-22)28-21-5-4-6-24-25(21)35-18-34-24/h4-6,15-17H,2-3,7-14,18H2,1H3,(H,27,28,29). The molecule has 9 heteroatoms. The van der Waals surface area contributed by atoms with E-state index in [-0.39, 0.29) is 6.79 Å². The maximum Gasteiger partial charge on any atom is 0.231 e. The molecule has 6 rings (SSSR count). The van der Waals surface area contributed by atoms with E-state index in [0.717, 1.165) is 66.5 Å². The van der Waals surface area contributed by atoms with E-state index >= 15 is 0 Å². The van der Waals surface area contributed by atoms with Gasteiger partial charge in [0.2, 0.25) is 12.7 Å². The van der Waals surface area contributed by atoms with Crippen molar-refractivity contribution in [3.8, 4) is 17.2 Å². The highest BCUT2D eigenvalue weighted by atomic mass is 16.7. The van der Waals surface area contributed by atoms with Gasteiger partial charge in [0.15, 0.2) is 11.5 Å². The number of hydrogen-bond acceptors (Lipinski definition) is 9. The predicted molar refractivity (Wildman–Crippen MR) is 136 cm³/mol. The molecule has 0 bridgehead atoms. The van der Waals surface area contributed by atoms with Crippen LogP contribution >= 0.6 is 0 Å². The number of piperazine rings is 1. The van der Waals surface area contributed by atoms with Gasteiger partial charge >= 0.3 is 0 Å². The van der Waals surface area contributed by atoms with Crippen molar-refractivity contribution in [1.82, 2.24) is 19.8 Å². The van der Waals surface area contributed by atoms with E-state index in [2.05, 4.69) is 38.1 Å². The van der Waals surface area contributed by atoms with Crippen LogP contribution in [-0.2, 0) is 0 Å². The van der Waals surface area contributed by atoms with Crippen LogP contribution in [-0.4, -0.2) is 86.0 Å². The smallest absolute Gasteiger partial charge is 0.231 e. The van der Waals surface area contributed by atoms with E-state index in [4.69, 9.17) is 19.2 Å². The lowest BCUT2D eigenvalue weighted by molar-refractivity contribution is 0.174. The second-order valence-electron chi connectivity index (χ2n) is 9.42. The number of anilines is 3. The van der Waals surface area contributed by atoms with Crippen molar-refractivity contribution in [3.05, 3.63) is 36.5 Å². The Kier molecular flexibility index (Phi) is 6.18. The highest BCUT2D eigenvalue weighted by molar-refractivity contribution is 5.93. The van der Waals surface area contributed by atoms with Crippen LogP contribution in [0.2, 0.25) is 0 Å². The van der Waals surface area contributed by atoms with Gasteiger partial charge in [0.25, 0.3) is 0 Å². The number of aromatic nitrogens is 2. The average molecular weight is 477 g/mol. The summed E-state index contributed by atoms with van der Waals surface area (Å²) >= 11 is 0. The van der Waals surface area contributed by atoms with Crippen molar-refractivity contribution < 1.29 is 14.2 Å². The van der Waals surface area contributed by atoms with E-state index in [0.29, 0.717) is 18.3 Å². The van der Waals surface area contributed by atoms with E-state index in [1.807, 2.05) is 30.5 Å². The zero-order valence-corrected chi connectivity index (χ0v) is 20.2. The normalized spacial score (nSPS) is 18.4. The second-order valence-corrected chi connectivity index (χ2v) is 9.42. The first-order valence-electron chi connectivity index (χ1n) is 12.5. The minimum Gasteiger partial charge on any atom is -0.492 e. The third kappa shape index (κ3) is 4.78. The molecule has 0 radical (unpaired) electrons. The fourth-order valence-corrected chi connectivity index (χ4v) is 4.99. The van der Waals surface area contributed by atoms with E-state index in [1.165, 1.54) is 25.9 Å². The Morgan fingerprint density at radius 1 is 1.03 bits per heavy atom. The van der Waals surface area contributed by atoms with Gasteiger partial charge in [-0.25, -0.2) is 9.97 Å². The third-order valence-corrected chi connectivity index (χ3v) is 7.01. The third-order valence-electron chi connectivity index (χ3n) is 7.01. The first kappa shape index (κ1) is 22.2. The first-order valence-corrected chi connectivity index (χ1v) is 12.5. The number of benzene rings is 2. The molecule has 3 aromatic rings. The van der Waals surface area contributed by atoms with Crippen LogP contribution in [0.25, 0.3) is 10.9 Å². The number of para-hydroxylation sites is 1. The molecule has 184 valence electrons. The van der Waals surface area contributed by atoms with Crippen LogP contribution in [0.3, 0.4) is 0 Å². The van der Waals surface area contributed by atoms with Crippen molar-refractivity contribution in [1.29, 1.82) is 0 Å². The molecule has 4 heterocycles. The molecular weight excluding hydrogens is 444 g/mol. The van der Waals surface area contributed by atoms with Gasteiger partial charge in [0.1, 0.15) is 12.4 Å². The fraction of sp³-hybridized carbons (Fsp3) is 0.462. The van der Waals surface area contributed by atoms with Gasteiger partial charge in [0.05, 0.1) is 16.9 Å². The Balaban J connectivity index is 1.29. The molecule has 0 saturated carbocycles. The zero-order chi connectivity index (χ0) is 23.6. The highest BCUT2D eigenvalue weighted by Crippen LogP contribution is 2.40. The molecule has 0 aliphatic carbocycles. The number of nitrogens with zero attached hydrogens (tertiary/aromatic N) is 5. The maximum absolute atomic E-state index is 6.25. The molecular formula is C26H32N6O3. The van der Waals surface area contributed by atoms with E-state index < -0.39 is 0 Å². The SMILES string of the molecule is CN1CCN(c2cc(OCCN3CCCC3)cc3nc(Nc4cccc5c4OCO5)ncc23)CC1. The first-order chi connectivity index (χ1) is 17.2. The van der Waals surface area contributed by atoms with Gasteiger partial charge in [0, 0.05) is 56.4 Å². The van der Waals surface area contributed by atoms with Gasteiger partial charge in [-0.15, -0.1) is 0 Å². The Bertz CT molecular complexity index is 1190. The number of nitrogens with one attached hydrogen (secondary N) is 1. The Morgan fingerprint density at radius 3 is 2.74 bits per heavy atom. The van der Waals surface area contributed by atoms with Crippen LogP contribution in [0, 0.1) is 0 Å². The lowest BCUT2D eigenvalue weighted by Gasteiger charge is -2.34. The molecule has 2 fully saturated rings. The van der Waals surface area contributed by atoms with Crippen LogP contribution in [0.15, 0.2) is 36.5 Å². The number of likely N-dealkylation sites (N-methyl/N-ethyl adjacent to an activating group) is 1. The van der Waals surface area contributed by atoms with Crippen molar-refractivity contribution in [2.24, 2.45) is 0 Å². The van der Waals surface area contributed by atoms with Gasteiger partial charge < -0.3 is 29.3 Å². The maximum atomic E-state index is 6.25. The summed E-state index contributed by atoms with van der Waals surface area (Å²) in [6.45, 7) is 8.21. The van der Waals surface area contributed by atoms with Gasteiger partial charge in [-0.05, 0) is 45.1 Å². The molecule has 0 atom stereocenters. The van der Waals surface area contributed by atoms with Crippen molar-refractivity contribution in [2.75, 3.05) is 76.5 Å². The second kappa shape index (κ2) is 9.75. The van der Waals surface area contributed by atoms with Crippen LogP contribution in [0.4, 0.5) is 17.3 Å². The molecule has 0 unspecified atom stereocenters. The topological polar surface area (TPSA) is 75.2 Å². The van der Waals surface area contributed by atoms with Gasteiger partial charge in [-0.2, -0.15) is 0 Å². The summed E-state index contributed by atoms with van der Waals surface area (Å²) in [5.41, 5.74) is 2.78. The van der Waals surface area contributed by atoms with E-state index in [1.54, 1.807) is 0 Å². The van der Waals surface area contributed by atoms with Gasteiger partial charge in [-0.1, -0.05) is 6.07 Å². The Labute approximate surface area is 205 Å². The fourth-order valence-electron chi connectivity index (χ4n) is 4.99. The summed E-state index contributed by atoms with van der Waals surface area (Å²) in [6, 6.07) is 9.94. The quantitative estimate of drug-likeness (QED) is 0.553. The molecule has 1 aromatic heterocycles. The summed E-state index contributed by atoms with van der Waals surface area (Å²) in [5, 5.41) is 4.34. The summed E-state index contributed by atoms with van der Waals surface area (Å²) in [6.07, 6.45) is 4.49. The Morgan fingerprint density at radius 2 is 1.89 bits per heavy atom. The van der Waals surface area contributed by atoms with Crippen LogP contribution in [0.1, 0.15) is 12.8 Å². The summed E-state index contributed by atoms with van der Waals surface area (Å²) in [7, 11) is 2.17. The monoisotopic (exact) mass is 476 g/mol. The molecule has 35 heavy (non-hydrogen) atoms. The summed E-state index contributed by atoms with van der Waals surface area (Å²) in [5.74, 6) is 2.78. The number of fused-ring (bicyclic) bond motifs is 2. The number of ether oxygens (including phenoxy) is 3. The van der Waals surface area contributed by atoms with Gasteiger partial charge in [-0.3, -0.25) is 4.90 Å². The molecule has 0 spiro atoms. The van der Waals surface area contributed by atoms with Crippen LogP contribution < -0.4 is 24.4 Å². The van der Waals surface area contributed by atoms with Crippen molar-refractivity contribution >= 4 is 28.2 Å². The molecule has 9 nitrogen and oxygen atoms in total. The summed E-state index contributed by atoms with van der Waals surface area (Å²) in [4.78, 5) is 16.8. The summed E-state index contributed by atoms with van der Waals surface area (Å²) < 4.78 is 17.4. The van der Waals surface area contributed by atoms with Crippen molar-refractivity contribution in [2.45, 2.75) is 12.8 Å². The largest absolute Gasteiger partial charge is 0.492 e. The molecule has 0 amide bonds. The van der Waals surface area contributed by atoms with Crippen molar-refractivity contribution in [3.63, 3.8) is 0 Å². The minimum atomic E-state index is 0.221. The number of likely N-dealkylation sites (tertiary alicyclic amines) is 1. The lowest BCUT2D eigenvalue weighted by atomic mass is 10.1. The lowest BCUT2D eigenvalue weighted by Crippen LogP contribution is -2.44. The molecule has 3 aliphatic heterocycles. The average Bonchev–Trinajstić information content (AvgIpc) is 3.57. The number of rotatable bonds is 7. The molecule has 1 N–H and O–H groups in total. The van der Waals surface area contributed by atoms with Crippen LogP contribution in [0.5, 0.6) is 17.2 Å². The molecule has 3 aliphatic rings. The highest BCUT2D eigenvalue weighted by Gasteiger charge is 2.21. The predicted octanol–water partition coefficient (Wildman–Crippen LogP) is 3.33. The molecule has 2 saturated heterocycles. The minimum absolute atomic E-state index is 0.221. The van der Waals surface area contributed by atoms with E-state index in [9.17, 15) is 0 Å². The zero-order valence-electron chi connectivity index (χ0n) is 20.2. The molecule has 2 aromatic carbocycles. The Hall–Kier alpha value is -3.30. The number of hydrogen-bond donors (Lipinski definition) is 1.